The maximum Gasteiger partial charge on any atom is 0.264 e. The molecule has 1 aromatic heterocycles. The highest BCUT2D eigenvalue weighted by atomic mass is 16.2. The summed E-state index contributed by atoms with van der Waals surface area (Å²) in [5.74, 6) is -1.15. The minimum absolute atomic E-state index is 0.0952. The Morgan fingerprint density at radius 2 is 1.53 bits per heavy atom. The number of amides is 2. The zero-order chi connectivity index (χ0) is 13.6. The summed E-state index contributed by atoms with van der Waals surface area (Å²) in [5, 5.41) is 2.14. The molecule has 2 amide bonds. The summed E-state index contributed by atoms with van der Waals surface area (Å²) in [4.78, 5) is 37.9. The lowest BCUT2D eigenvalue weighted by atomic mass is 9.99. The maximum atomic E-state index is 11.9. The molecule has 5 heteroatoms. The second-order valence-corrected chi connectivity index (χ2v) is 4.35. The van der Waals surface area contributed by atoms with E-state index in [4.69, 9.17) is 0 Å². The summed E-state index contributed by atoms with van der Waals surface area (Å²) in [6.07, 6.45) is 0. The number of aromatic nitrogens is 1. The molecular weight excluding hydrogens is 244 g/mol. The summed E-state index contributed by atoms with van der Waals surface area (Å²) in [5.41, 5.74) is 1.50. The van der Waals surface area contributed by atoms with Gasteiger partial charge < -0.3 is 4.98 Å². The third-order valence-electron chi connectivity index (χ3n) is 3.21. The summed E-state index contributed by atoms with van der Waals surface area (Å²) >= 11 is 0. The average molecular weight is 254 g/mol. The van der Waals surface area contributed by atoms with E-state index < -0.39 is 17.4 Å². The fourth-order valence-corrected chi connectivity index (χ4v) is 2.32. The zero-order valence-electron chi connectivity index (χ0n) is 10.1. The fourth-order valence-electron chi connectivity index (χ4n) is 2.32. The number of hydrogen-bond donors (Lipinski definition) is 2. The van der Waals surface area contributed by atoms with Gasteiger partial charge in [0.05, 0.1) is 11.3 Å². The smallest absolute Gasteiger partial charge is 0.264 e. The zero-order valence-corrected chi connectivity index (χ0v) is 10.1. The molecule has 0 saturated carbocycles. The first kappa shape index (κ1) is 11.4. The first-order valence-corrected chi connectivity index (χ1v) is 5.77. The second-order valence-electron chi connectivity index (χ2n) is 4.35. The molecule has 1 aliphatic rings. The van der Waals surface area contributed by atoms with Gasteiger partial charge in [-0.15, -0.1) is 0 Å². The number of carbonyl (C=O) groups excluding carboxylic acids is 2. The fraction of sp³-hybridized carbons (Fsp3) is 0.0714. The van der Waals surface area contributed by atoms with Gasteiger partial charge >= 0.3 is 0 Å². The Morgan fingerprint density at radius 1 is 0.895 bits per heavy atom. The van der Waals surface area contributed by atoms with Crippen molar-refractivity contribution in [3.63, 3.8) is 0 Å². The van der Waals surface area contributed by atoms with Gasteiger partial charge in [-0.1, -0.05) is 30.3 Å². The van der Waals surface area contributed by atoms with Crippen LogP contribution in [0.1, 0.15) is 26.3 Å². The van der Waals surface area contributed by atoms with Crippen LogP contribution in [0.3, 0.4) is 0 Å². The molecule has 2 heterocycles. The van der Waals surface area contributed by atoms with Crippen LogP contribution < -0.4 is 10.9 Å². The van der Waals surface area contributed by atoms with E-state index in [2.05, 4.69) is 10.3 Å². The van der Waals surface area contributed by atoms with Gasteiger partial charge in [0.1, 0.15) is 5.56 Å². The summed E-state index contributed by atoms with van der Waals surface area (Å²) in [7, 11) is 0. The maximum absolute atomic E-state index is 11.9. The first-order chi connectivity index (χ1) is 9.09. The Kier molecular flexibility index (Phi) is 2.35. The third kappa shape index (κ3) is 1.59. The standard InChI is InChI=1S/C14H10N2O3/c1-7-9-10(14(19)16-12(9)17)13(18)15-11(7)8-5-3-2-4-6-8/h2-6H,1H3,(H,15,18)(H,16,17,19). The van der Waals surface area contributed by atoms with Crippen molar-refractivity contribution in [1.82, 2.24) is 10.3 Å². The van der Waals surface area contributed by atoms with Crippen molar-refractivity contribution in [3.8, 4) is 11.3 Å². The largest absolute Gasteiger partial charge is 0.321 e. The van der Waals surface area contributed by atoms with Gasteiger partial charge in [-0.25, -0.2) is 0 Å². The number of fused-ring (bicyclic) bond motifs is 1. The van der Waals surface area contributed by atoms with Crippen LogP contribution in [0.5, 0.6) is 0 Å². The summed E-state index contributed by atoms with van der Waals surface area (Å²) in [6, 6.07) is 9.20. The molecule has 2 aromatic rings. The Balaban J connectivity index is 2.35. The number of aromatic amines is 1. The molecule has 0 atom stereocenters. The quantitative estimate of drug-likeness (QED) is 0.751. The Morgan fingerprint density at radius 3 is 2.21 bits per heavy atom. The number of carbonyl (C=O) groups is 2. The van der Waals surface area contributed by atoms with E-state index in [0.29, 0.717) is 11.3 Å². The Labute approximate surface area is 108 Å². The molecule has 5 nitrogen and oxygen atoms in total. The third-order valence-corrected chi connectivity index (χ3v) is 3.21. The van der Waals surface area contributed by atoms with E-state index in [-0.39, 0.29) is 11.1 Å². The molecule has 1 aliphatic heterocycles. The minimum Gasteiger partial charge on any atom is -0.321 e. The van der Waals surface area contributed by atoms with Gasteiger partial charge in [0.2, 0.25) is 0 Å². The lowest BCUT2D eigenvalue weighted by molar-refractivity contribution is 0.0879. The van der Waals surface area contributed by atoms with Crippen molar-refractivity contribution < 1.29 is 9.59 Å². The van der Waals surface area contributed by atoms with Crippen molar-refractivity contribution in [3.05, 3.63) is 57.4 Å². The van der Waals surface area contributed by atoms with Crippen LogP contribution in [0.4, 0.5) is 0 Å². The Hall–Kier alpha value is -2.69. The second kappa shape index (κ2) is 3.91. The molecule has 0 fully saturated rings. The molecule has 0 aliphatic carbocycles. The predicted molar refractivity (Wildman–Crippen MR) is 69.0 cm³/mol. The molecule has 1 aromatic carbocycles. The van der Waals surface area contributed by atoms with Gasteiger partial charge in [0, 0.05) is 0 Å². The van der Waals surface area contributed by atoms with Gasteiger partial charge in [-0.3, -0.25) is 19.7 Å². The lowest BCUT2D eigenvalue weighted by Gasteiger charge is -2.08. The molecule has 2 N–H and O–H groups in total. The number of pyridine rings is 1. The topological polar surface area (TPSA) is 79.0 Å². The van der Waals surface area contributed by atoms with Crippen LogP contribution in [-0.2, 0) is 0 Å². The van der Waals surface area contributed by atoms with E-state index in [1.807, 2.05) is 30.3 Å². The molecule has 94 valence electrons. The van der Waals surface area contributed by atoms with Crippen LogP contribution in [0.2, 0.25) is 0 Å². The van der Waals surface area contributed by atoms with Gasteiger partial charge in [0.15, 0.2) is 0 Å². The van der Waals surface area contributed by atoms with Crippen LogP contribution >= 0.6 is 0 Å². The van der Waals surface area contributed by atoms with E-state index >= 15 is 0 Å². The first-order valence-electron chi connectivity index (χ1n) is 5.77. The number of hydrogen-bond acceptors (Lipinski definition) is 3. The highest BCUT2D eigenvalue weighted by Crippen LogP contribution is 2.25. The van der Waals surface area contributed by atoms with Crippen molar-refractivity contribution >= 4 is 11.8 Å². The molecule has 0 radical (unpaired) electrons. The SMILES string of the molecule is Cc1c(-c2ccccc2)[nH]c(=O)c2c1C(=O)NC2=O. The molecule has 0 saturated heterocycles. The van der Waals surface area contributed by atoms with Crippen LogP contribution in [0.25, 0.3) is 11.3 Å². The van der Waals surface area contributed by atoms with Crippen molar-refractivity contribution in [2.45, 2.75) is 6.92 Å². The van der Waals surface area contributed by atoms with Crippen LogP contribution in [-0.4, -0.2) is 16.8 Å². The van der Waals surface area contributed by atoms with Gasteiger partial charge in [0.25, 0.3) is 17.4 Å². The van der Waals surface area contributed by atoms with Crippen molar-refractivity contribution in [2.24, 2.45) is 0 Å². The number of benzene rings is 1. The monoisotopic (exact) mass is 254 g/mol. The summed E-state index contributed by atoms with van der Waals surface area (Å²) in [6.45, 7) is 1.72. The van der Waals surface area contributed by atoms with Crippen LogP contribution in [0, 0.1) is 6.92 Å². The van der Waals surface area contributed by atoms with E-state index in [0.717, 1.165) is 5.56 Å². The number of H-pyrrole nitrogens is 1. The molecular formula is C14H10N2O3. The Bertz CT molecular complexity index is 760. The highest BCUT2D eigenvalue weighted by molar-refractivity contribution is 6.22. The average Bonchev–Trinajstić information content (AvgIpc) is 2.71. The molecule has 3 rings (SSSR count). The molecule has 0 bridgehead atoms. The van der Waals surface area contributed by atoms with Crippen molar-refractivity contribution in [1.29, 1.82) is 0 Å². The van der Waals surface area contributed by atoms with Crippen LogP contribution in [0.15, 0.2) is 35.1 Å². The van der Waals surface area contributed by atoms with E-state index in [1.165, 1.54) is 0 Å². The summed E-state index contributed by atoms with van der Waals surface area (Å²) < 4.78 is 0. The minimum atomic E-state index is -0.635. The highest BCUT2D eigenvalue weighted by Gasteiger charge is 2.32. The molecule has 0 unspecified atom stereocenters. The number of rotatable bonds is 1. The van der Waals surface area contributed by atoms with E-state index in [9.17, 15) is 14.4 Å². The number of imide groups is 1. The predicted octanol–water partition coefficient (Wildman–Crippen LogP) is 1.23. The molecule has 0 spiro atoms. The van der Waals surface area contributed by atoms with Gasteiger partial charge in [-0.2, -0.15) is 0 Å². The van der Waals surface area contributed by atoms with Gasteiger partial charge in [-0.05, 0) is 18.1 Å². The lowest BCUT2D eigenvalue weighted by Crippen LogP contribution is -2.23. The molecule has 19 heavy (non-hydrogen) atoms. The van der Waals surface area contributed by atoms with Crippen molar-refractivity contribution in [2.75, 3.05) is 0 Å². The number of nitrogens with one attached hydrogen (secondary N) is 2. The normalized spacial score (nSPS) is 13.3. The van der Waals surface area contributed by atoms with E-state index in [1.54, 1.807) is 6.92 Å².